The fourth-order valence-corrected chi connectivity index (χ4v) is 3.77. The zero-order chi connectivity index (χ0) is 18.3. The Morgan fingerprint density at radius 1 is 1.31 bits per heavy atom. The maximum Gasteiger partial charge on any atom is 0.223 e. The van der Waals surface area contributed by atoms with Crippen LogP contribution in [0.2, 0.25) is 0 Å². The number of fused-ring (bicyclic) bond motifs is 3. The molecule has 1 aliphatic rings. The molecule has 2 aromatic heterocycles. The highest BCUT2D eigenvalue weighted by Gasteiger charge is 2.22. The molecule has 1 fully saturated rings. The average Bonchev–Trinajstić information content (AvgIpc) is 3.00. The number of amides is 1. The van der Waals surface area contributed by atoms with Crippen molar-refractivity contribution in [3.05, 3.63) is 41.2 Å². The minimum absolute atomic E-state index is 0.116. The molecule has 6 heteroatoms. The lowest BCUT2D eigenvalue weighted by atomic mass is 10.1. The maximum atomic E-state index is 12.6. The van der Waals surface area contributed by atoms with E-state index in [9.17, 15) is 4.79 Å². The number of nitrogens with zero attached hydrogens (tertiary/aromatic N) is 4. The molecule has 1 amide bonds. The number of carbonyl (C=O) groups is 1. The van der Waals surface area contributed by atoms with Crippen molar-refractivity contribution in [3.8, 4) is 0 Å². The molecule has 3 aromatic rings. The Morgan fingerprint density at radius 3 is 2.92 bits per heavy atom. The van der Waals surface area contributed by atoms with Gasteiger partial charge in [0.25, 0.3) is 0 Å². The van der Waals surface area contributed by atoms with Gasteiger partial charge < -0.3 is 9.64 Å². The molecule has 1 aromatic carbocycles. The van der Waals surface area contributed by atoms with E-state index in [1.54, 1.807) is 0 Å². The van der Waals surface area contributed by atoms with Gasteiger partial charge in [0, 0.05) is 36.3 Å². The summed E-state index contributed by atoms with van der Waals surface area (Å²) < 4.78 is 7.43. The standard InChI is InChI=1S/C20H24N4O2/c1-13-12-23(10-11-26-13)19(25)9-8-16-14(2)21-20-17-6-4-5-7-18(17)22-24(20)15(16)3/h4-7,13H,8-12H2,1-3H3/t13-/m0/s1. The second-order valence-electron chi connectivity index (χ2n) is 7.03. The first-order valence-electron chi connectivity index (χ1n) is 9.17. The van der Waals surface area contributed by atoms with Crippen molar-refractivity contribution in [3.63, 3.8) is 0 Å². The minimum atomic E-state index is 0.116. The Morgan fingerprint density at radius 2 is 2.12 bits per heavy atom. The number of ether oxygens (including phenoxy) is 1. The van der Waals surface area contributed by atoms with Crippen LogP contribution in [-0.2, 0) is 16.0 Å². The van der Waals surface area contributed by atoms with Gasteiger partial charge in [-0.05, 0) is 44.9 Å². The first kappa shape index (κ1) is 17.0. The largest absolute Gasteiger partial charge is 0.375 e. The molecule has 136 valence electrons. The predicted octanol–water partition coefficient (Wildman–Crippen LogP) is 2.68. The van der Waals surface area contributed by atoms with Gasteiger partial charge in [-0.25, -0.2) is 9.50 Å². The van der Waals surface area contributed by atoms with E-state index in [0.717, 1.165) is 33.5 Å². The second-order valence-corrected chi connectivity index (χ2v) is 7.03. The van der Waals surface area contributed by atoms with E-state index in [1.807, 2.05) is 47.5 Å². The van der Waals surface area contributed by atoms with Gasteiger partial charge in [-0.15, -0.1) is 0 Å². The van der Waals surface area contributed by atoms with Gasteiger partial charge in [-0.1, -0.05) is 12.1 Å². The Bertz CT molecular complexity index is 979. The number of hydrogen-bond acceptors (Lipinski definition) is 4. The summed E-state index contributed by atoms with van der Waals surface area (Å²) in [7, 11) is 0. The number of aryl methyl sites for hydroxylation is 2. The SMILES string of the molecule is Cc1nc2c3ccccc3nn2c(C)c1CCC(=O)N1CCO[C@@H](C)C1. The Balaban J connectivity index is 1.60. The van der Waals surface area contributed by atoms with Crippen molar-refractivity contribution in [2.75, 3.05) is 19.7 Å². The molecule has 3 heterocycles. The third-order valence-electron chi connectivity index (χ3n) is 5.20. The average molecular weight is 352 g/mol. The lowest BCUT2D eigenvalue weighted by Crippen LogP contribution is -2.44. The molecule has 0 unspecified atom stereocenters. The molecule has 0 spiro atoms. The number of hydrogen-bond donors (Lipinski definition) is 0. The first-order valence-corrected chi connectivity index (χ1v) is 9.17. The Labute approximate surface area is 152 Å². The van der Waals surface area contributed by atoms with Crippen LogP contribution < -0.4 is 0 Å². The van der Waals surface area contributed by atoms with Crippen LogP contribution in [0.4, 0.5) is 0 Å². The molecule has 1 atom stereocenters. The number of rotatable bonds is 3. The maximum absolute atomic E-state index is 12.6. The lowest BCUT2D eigenvalue weighted by Gasteiger charge is -2.31. The van der Waals surface area contributed by atoms with E-state index >= 15 is 0 Å². The normalized spacial score (nSPS) is 18.0. The summed E-state index contributed by atoms with van der Waals surface area (Å²) in [5.41, 5.74) is 4.97. The molecule has 0 N–H and O–H groups in total. The van der Waals surface area contributed by atoms with Crippen molar-refractivity contribution >= 4 is 22.5 Å². The fraction of sp³-hybridized carbons (Fsp3) is 0.450. The molecule has 0 radical (unpaired) electrons. The van der Waals surface area contributed by atoms with Crippen molar-refractivity contribution in [1.82, 2.24) is 19.5 Å². The number of carbonyl (C=O) groups excluding carboxylic acids is 1. The van der Waals surface area contributed by atoms with Crippen LogP contribution in [-0.4, -0.2) is 51.2 Å². The zero-order valence-electron chi connectivity index (χ0n) is 15.5. The summed E-state index contributed by atoms with van der Waals surface area (Å²) in [6.45, 7) is 8.07. The zero-order valence-corrected chi connectivity index (χ0v) is 15.5. The number of aromatic nitrogens is 3. The van der Waals surface area contributed by atoms with E-state index in [-0.39, 0.29) is 12.0 Å². The van der Waals surface area contributed by atoms with Gasteiger partial charge in [0.05, 0.1) is 18.2 Å². The quantitative estimate of drug-likeness (QED) is 0.727. The molecule has 0 aliphatic carbocycles. The van der Waals surface area contributed by atoms with Crippen LogP contribution in [0.3, 0.4) is 0 Å². The van der Waals surface area contributed by atoms with Gasteiger partial charge in [0.1, 0.15) is 0 Å². The number of morpholine rings is 1. The molecule has 26 heavy (non-hydrogen) atoms. The summed E-state index contributed by atoms with van der Waals surface area (Å²) in [6.07, 6.45) is 1.29. The lowest BCUT2D eigenvalue weighted by molar-refractivity contribution is -0.138. The van der Waals surface area contributed by atoms with Crippen molar-refractivity contribution in [2.24, 2.45) is 0 Å². The first-order chi connectivity index (χ1) is 12.5. The van der Waals surface area contributed by atoms with Crippen LogP contribution in [0.15, 0.2) is 24.3 Å². The molecule has 6 nitrogen and oxygen atoms in total. The van der Waals surface area contributed by atoms with E-state index in [2.05, 4.69) is 12.0 Å². The van der Waals surface area contributed by atoms with E-state index < -0.39 is 0 Å². The summed E-state index contributed by atoms with van der Waals surface area (Å²) in [4.78, 5) is 19.3. The topological polar surface area (TPSA) is 59.7 Å². The van der Waals surface area contributed by atoms with Crippen molar-refractivity contribution < 1.29 is 9.53 Å². The fourth-order valence-electron chi connectivity index (χ4n) is 3.77. The van der Waals surface area contributed by atoms with Crippen molar-refractivity contribution in [2.45, 2.75) is 39.7 Å². The molecule has 1 saturated heterocycles. The molecule has 0 saturated carbocycles. The van der Waals surface area contributed by atoms with Crippen LogP contribution in [0, 0.1) is 13.8 Å². The van der Waals surface area contributed by atoms with E-state index in [4.69, 9.17) is 9.72 Å². The molecule has 0 bridgehead atoms. The molecule has 4 rings (SSSR count). The Kier molecular flexibility index (Phi) is 4.36. The van der Waals surface area contributed by atoms with Crippen molar-refractivity contribution in [1.29, 1.82) is 0 Å². The highest BCUT2D eigenvalue weighted by Crippen LogP contribution is 2.23. The van der Waals surface area contributed by atoms with Crippen LogP contribution in [0.25, 0.3) is 16.6 Å². The van der Waals surface area contributed by atoms with Gasteiger partial charge in [0.15, 0.2) is 5.65 Å². The van der Waals surface area contributed by atoms with E-state index in [1.165, 1.54) is 0 Å². The van der Waals surface area contributed by atoms with Gasteiger partial charge in [-0.3, -0.25) is 4.79 Å². The predicted molar refractivity (Wildman–Crippen MR) is 100 cm³/mol. The highest BCUT2D eigenvalue weighted by atomic mass is 16.5. The van der Waals surface area contributed by atoms with E-state index in [0.29, 0.717) is 32.5 Å². The Hall–Kier alpha value is -2.47. The summed E-state index contributed by atoms with van der Waals surface area (Å²) in [5.74, 6) is 0.185. The minimum Gasteiger partial charge on any atom is -0.375 e. The van der Waals surface area contributed by atoms with Gasteiger partial charge in [0.2, 0.25) is 5.91 Å². The van der Waals surface area contributed by atoms with Gasteiger partial charge >= 0.3 is 0 Å². The smallest absolute Gasteiger partial charge is 0.223 e. The molecular formula is C20H24N4O2. The highest BCUT2D eigenvalue weighted by molar-refractivity contribution is 5.92. The third kappa shape index (κ3) is 2.94. The van der Waals surface area contributed by atoms with Crippen LogP contribution >= 0.6 is 0 Å². The van der Waals surface area contributed by atoms with Gasteiger partial charge in [-0.2, -0.15) is 5.10 Å². The third-order valence-corrected chi connectivity index (χ3v) is 5.20. The molecular weight excluding hydrogens is 328 g/mol. The summed E-state index contributed by atoms with van der Waals surface area (Å²) in [6, 6.07) is 8.04. The molecule has 1 aliphatic heterocycles. The monoisotopic (exact) mass is 352 g/mol. The van der Waals surface area contributed by atoms with Crippen LogP contribution in [0.1, 0.15) is 30.3 Å². The number of benzene rings is 1. The summed E-state index contributed by atoms with van der Waals surface area (Å²) >= 11 is 0. The second kappa shape index (κ2) is 6.68. The summed E-state index contributed by atoms with van der Waals surface area (Å²) in [5, 5.41) is 5.74. The van der Waals surface area contributed by atoms with Crippen LogP contribution in [0.5, 0.6) is 0 Å².